The van der Waals surface area contributed by atoms with E-state index in [0.29, 0.717) is 0 Å². The maximum absolute atomic E-state index is 10.7. The maximum Gasteiger partial charge on any atom is 0.511 e. The molecule has 1 aromatic rings. The van der Waals surface area contributed by atoms with Gasteiger partial charge >= 0.3 is 6.16 Å². The van der Waals surface area contributed by atoms with E-state index in [1.807, 2.05) is 6.07 Å². The average Bonchev–Trinajstić information content (AvgIpc) is 2.40. The molecule has 0 saturated heterocycles. The second-order valence-corrected chi connectivity index (χ2v) is 5.03. The first-order valence-corrected chi connectivity index (χ1v) is 7.34. The van der Waals surface area contributed by atoms with E-state index >= 15 is 0 Å². The van der Waals surface area contributed by atoms with Crippen LogP contribution < -0.4 is 4.74 Å². The summed E-state index contributed by atoms with van der Waals surface area (Å²) in [6.45, 7) is 4.23. The number of benzene rings is 1. The molecular formula is C16H24O4. The minimum absolute atomic E-state index is 0.0382. The first-order valence-electron chi connectivity index (χ1n) is 7.34. The van der Waals surface area contributed by atoms with Crippen molar-refractivity contribution in [1.29, 1.82) is 0 Å². The highest BCUT2D eigenvalue weighted by molar-refractivity contribution is 5.64. The van der Waals surface area contributed by atoms with Crippen molar-refractivity contribution >= 4 is 6.16 Å². The number of phenols is 1. The van der Waals surface area contributed by atoms with E-state index in [-0.39, 0.29) is 11.5 Å². The van der Waals surface area contributed by atoms with Crippen molar-refractivity contribution in [2.75, 3.05) is 0 Å². The van der Waals surface area contributed by atoms with Gasteiger partial charge in [-0.05, 0) is 42.9 Å². The van der Waals surface area contributed by atoms with E-state index in [4.69, 9.17) is 5.11 Å². The molecule has 1 aromatic carbocycles. The number of hydrogen-bond donors (Lipinski definition) is 2. The Bertz CT molecular complexity index is 440. The topological polar surface area (TPSA) is 66.8 Å². The van der Waals surface area contributed by atoms with E-state index in [0.717, 1.165) is 56.1 Å². The van der Waals surface area contributed by atoms with Crippen LogP contribution in [0.1, 0.15) is 57.1 Å². The van der Waals surface area contributed by atoms with Gasteiger partial charge in [-0.1, -0.05) is 39.2 Å². The Morgan fingerprint density at radius 2 is 1.80 bits per heavy atom. The fourth-order valence-electron chi connectivity index (χ4n) is 2.18. The molecule has 0 aliphatic rings. The fraction of sp³-hybridized carbons (Fsp3) is 0.562. The molecule has 0 aliphatic heterocycles. The molecule has 0 unspecified atom stereocenters. The molecule has 0 heterocycles. The molecule has 0 spiro atoms. The van der Waals surface area contributed by atoms with Gasteiger partial charge in [-0.2, -0.15) is 0 Å². The molecule has 1 rings (SSSR count). The maximum atomic E-state index is 10.7. The number of rotatable bonds is 8. The number of phenolic OH excluding ortho intramolecular Hbond substituents is 1. The van der Waals surface area contributed by atoms with Crippen molar-refractivity contribution in [3.05, 3.63) is 23.3 Å². The SMILES string of the molecule is CCCCCc1cc(CCCC)cc(OC(=O)O)c1O. The van der Waals surface area contributed by atoms with Crippen LogP contribution in [0.25, 0.3) is 0 Å². The first kappa shape index (κ1) is 16.3. The van der Waals surface area contributed by atoms with Gasteiger partial charge in [0, 0.05) is 0 Å². The third-order valence-electron chi connectivity index (χ3n) is 3.28. The molecule has 0 saturated carbocycles. The quantitative estimate of drug-likeness (QED) is 0.417. The van der Waals surface area contributed by atoms with Crippen LogP contribution in [0.3, 0.4) is 0 Å². The van der Waals surface area contributed by atoms with Crippen LogP contribution in [0, 0.1) is 0 Å². The summed E-state index contributed by atoms with van der Waals surface area (Å²) < 4.78 is 4.68. The lowest BCUT2D eigenvalue weighted by atomic mass is 10.00. The predicted molar refractivity (Wildman–Crippen MR) is 78.6 cm³/mol. The van der Waals surface area contributed by atoms with Gasteiger partial charge in [0.15, 0.2) is 11.5 Å². The van der Waals surface area contributed by atoms with E-state index < -0.39 is 6.16 Å². The Morgan fingerprint density at radius 1 is 1.10 bits per heavy atom. The summed E-state index contributed by atoms with van der Waals surface area (Å²) in [4.78, 5) is 10.7. The van der Waals surface area contributed by atoms with Gasteiger partial charge < -0.3 is 14.9 Å². The summed E-state index contributed by atoms with van der Waals surface area (Å²) in [7, 11) is 0. The molecule has 0 aromatic heterocycles. The monoisotopic (exact) mass is 280 g/mol. The van der Waals surface area contributed by atoms with Gasteiger partial charge in [-0.3, -0.25) is 0 Å². The Morgan fingerprint density at radius 3 is 2.40 bits per heavy atom. The predicted octanol–water partition coefficient (Wildman–Crippen LogP) is 4.52. The summed E-state index contributed by atoms with van der Waals surface area (Å²) in [5, 5.41) is 18.8. The van der Waals surface area contributed by atoms with Crippen molar-refractivity contribution in [2.45, 2.75) is 58.8 Å². The fourth-order valence-corrected chi connectivity index (χ4v) is 2.18. The zero-order chi connectivity index (χ0) is 15.0. The molecule has 4 nitrogen and oxygen atoms in total. The molecule has 0 radical (unpaired) electrons. The Labute approximate surface area is 120 Å². The molecule has 4 heteroatoms. The lowest BCUT2D eigenvalue weighted by molar-refractivity contribution is 0.142. The molecule has 0 atom stereocenters. The second-order valence-electron chi connectivity index (χ2n) is 5.03. The van der Waals surface area contributed by atoms with Gasteiger partial charge in [0.25, 0.3) is 0 Å². The van der Waals surface area contributed by atoms with Gasteiger partial charge in [0.1, 0.15) is 0 Å². The summed E-state index contributed by atoms with van der Waals surface area (Å²) in [6, 6.07) is 3.60. The van der Waals surface area contributed by atoms with Gasteiger partial charge in [0.05, 0.1) is 0 Å². The van der Waals surface area contributed by atoms with Crippen LogP contribution in [-0.2, 0) is 12.8 Å². The molecule has 0 fully saturated rings. The van der Waals surface area contributed by atoms with Gasteiger partial charge in [0.2, 0.25) is 0 Å². The van der Waals surface area contributed by atoms with Crippen molar-refractivity contribution in [3.63, 3.8) is 0 Å². The number of aryl methyl sites for hydroxylation is 2. The van der Waals surface area contributed by atoms with Crippen LogP contribution in [0.5, 0.6) is 11.5 Å². The summed E-state index contributed by atoms with van der Waals surface area (Å²) in [5.41, 5.74) is 1.80. The van der Waals surface area contributed by atoms with Crippen LogP contribution in [0.2, 0.25) is 0 Å². The molecular weight excluding hydrogens is 256 g/mol. The second kappa shape index (κ2) is 8.46. The normalized spacial score (nSPS) is 10.5. The largest absolute Gasteiger partial charge is 0.511 e. The highest BCUT2D eigenvalue weighted by atomic mass is 16.7. The number of carboxylic acid groups (broad SMARTS) is 1. The minimum atomic E-state index is -1.40. The molecule has 2 N–H and O–H groups in total. The number of ether oxygens (including phenoxy) is 1. The van der Waals surface area contributed by atoms with Crippen molar-refractivity contribution < 1.29 is 19.7 Å². The standard InChI is InChI=1S/C16H24O4/c1-3-5-7-9-13-10-12(8-6-4-2)11-14(15(13)17)20-16(18)19/h10-11,17H,3-9H2,1-2H3,(H,18,19). The smallest absolute Gasteiger partial charge is 0.504 e. The highest BCUT2D eigenvalue weighted by Crippen LogP contribution is 2.33. The Kier molecular flexibility index (Phi) is 6.91. The number of carbonyl (C=O) groups is 1. The number of aromatic hydroxyl groups is 1. The van der Waals surface area contributed by atoms with E-state index in [1.165, 1.54) is 0 Å². The van der Waals surface area contributed by atoms with E-state index in [1.54, 1.807) is 6.07 Å². The number of hydrogen-bond acceptors (Lipinski definition) is 3. The molecule has 112 valence electrons. The zero-order valence-electron chi connectivity index (χ0n) is 12.3. The molecule has 0 amide bonds. The lowest BCUT2D eigenvalue weighted by Gasteiger charge is -2.12. The molecule has 0 bridgehead atoms. The van der Waals surface area contributed by atoms with Gasteiger partial charge in [-0.25, -0.2) is 4.79 Å². The van der Waals surface area contributed by atoms with Crippen LogP contribution in [-0.4, -0.2) is 16.4 Å². The molecule has 20 heavy (non-hydrogen) atoms. The summed E-state index contributed by atoms with van der Waals surface area (Å²) in [6.07, 6.45) is 5.50. The van der Waals surface area contributed by atoms with Crippen LogP contribution >= 0.6 is 0 Å². The van der Waals surface area contributed by atoms with Crippen molar-refractivity contribution in [2.24, 2.45) is 0 Å². The minimum Gasteiger partial charge on any atom is -0.504 e. The third-order valence-corrected chi connectivity index (χ3v) is 3.28. The lowest BCUT2D eigenvalue weighted by Crippen LogP contribution is -2.05. The van der Waals surface area contributed by atoms with E-state index in [2.05, 4.69) is 18.6 Å². The van der Waals surface area contributed by atoms with E-state index in [9.17, 15) is 9.90 Å². The zero-order valence-corrected chi connectivity index (χ0v) is 12.3. The first-order chi connectivity index (χ1) is 9.58. The molecule has 0 aliphatic carbocycles. The van der Waals surface area contributed by atoms with Crippen molar-refractivity contribution in [3.8, 4) is 11.5 Å². The Hall–Kier alpha value is -1.71. The summed E-state index contributed by atoms with van der Waals surface area (Å²) in [5.74, 6) is 0.0151. The van der Waals surface area contributed by atoms with Gasteiger partial charge in [-0.15, -0.1) is 0 Å². The van der Waals surface area contributed by atoms with Crippen LogP contribution in [0.4, 0.5) is 4.79 Å². The van der Waals surface area contributed by atoms with Crippen LogP contribution in [0.15, 0.2) is 12.1 Å². The van der Waals surface area contributed by atoms with Crippen molar-refractivity contribution in [1.82, 2.24) is 0 Å². The third kappa shape index (κ3) is 5.11. The summed E-state index contributed by atoms with van der Waals surface area (Å²) >= 11 is 0. The number of unbranched alkanes of at least 4 members (excludes halogenated alkanes) is 3. The highest BCUT2D eigenvalue weighted by Gasteiger charge is 2.13. The average molecular weight is 280 g/mol. The Balaban J connectivity index is 2.96.